The number of hydrogen-bond acceptors (Lipinski definition) is 5. The van der Waals surface area contributed by atoms with E-state index in [-0.39, 0.29) is 11.4 Å². The summed E-state index contributed by atoms with van der Waals surface area (Å²) in [5.41, 5.74) is 3.45. The molecule has 130 valence electrons. The Morgan fingerprint density at radius 2 is 2.12 bits per heavy atom. The number of aromatic nitrogens is 4. The van der Waals surface area contributed by atoms with Crippen molar-refractivity contribution >= 4 is 22.4 Å². The maximum atomic E-state index is 12.2. The number of pyridine rings is 1. The van der Waals surface area contributed by atoms with E-state index in [9.17, 15) is 4.79 Å². The number of anilines is 1. The fourth-order valence-corrected chi connectivity index (χ4v) is 3.18. The standard InChI is InChI=1S/C17H20N6OS/c1-17(2,3)14-15(25-11-20-14)22-16(24)19-10-12-5-7-18-13(9-12)23-8-4-6-21-23/h4-9,11H,10H2,1-3H3,(H2,19,22,24). The Morgan fingerprint density at radius 3 is 2.84 bits per heavy atom. The summed E-state index contributed by atoms with van der Waals surface area (Å²) in [5.74, 6) is 0.710. The van der Waals surface area contributed by atoms with Crippen LogP contribution in [0.2, 0.25) is 0 Å². The fourth-order valence-electron chi connectivity index (χ4n) is 2.30. The summed E-state index contributed by atoms with van der Waals surface area (Å²) in [6.45, 7) is 6.60. The van der Waals surface area contributed by atoms with E-state index in [1.54, 1.807) is 22.6 Å². The molecule has 25 heavy (non-hydrogen) atoms. The highest BCUT2D eigenvalue weighted by atomic mass is 32.1. The minimum absolute atomic E-state index is 0.119. The van der Waals surface area contributed by atoms with Gasteiger partial charge in [0, 0.05) is 30.6 Å². The van der Waals surface area contributed by atoms with Crippen molar-refractivity contribution in [2.45, 2.75) is 32.7 Å². The second kappa shape index (κ2) is 7.02. The highest BCUT2D eigenvalue weighted by molar-refractivity contribution is 7.14. The van der Waals surface area contributed by atoms with Gasteiger partial charge >= 0.3 is 6.03 Å². The average Bonchev–Trinajstić information content (AvgIpc) is 3.24. The molecule has 0 spiro atoms. The zero-order valence-electron chi connectivity index (χ0n) is 14.4. The predicted molar refractivity (Wildman–Crippen MR) is 98.0 cm³/mol. The number of nitrogens with zero attached hydrogens (tertiary/aromatic N) is 4. The second-order valence-electron chi connectivity index (χ2n) is 6.56. The van der Waals surface area contributed by atoms with Crippen LogP contribution in [-0.2, 0) is 12.0 Å². The third-order valence-electron chi connectivity index (χ3n) is 3.51. The number of thiazole rings is 1. The van der Waals surface area contributed by atoms with Crippen LogP contribution < -0.4 is 10.6 Å². The molecule has 0 unspecified atom stereocenters. The lowest BCUT2D eigenvalue weighted by Gasteiger charge is -2.17. The molecule has 3 aromatic heterocycles. The monoisotopic (exact) mass is 356 g/mol. The van der Waals surface area contributed by atoms with Crippen LogP contribution in [0.4, 0.5) is 9.80 Å². The summed E-state index contributed by atoms with van der Waals surface area (Å²) in [7, 11) is 0. The highest BCUT2D eigenvalue weighted by Crippen LogP contribution is 2.31. The quantitative estimate of drug-likeness (QED) is 0.751. The molecule has 0 fully saturated rings. The molecule has 3 aromatic rings. The Labute approximate surface area is 150 Å². The Bertz CT molecular complexity index is 850. The first kappa shape index (κ1) is 17.1. The van der Waals surface area contributed by atoms with Crippen LogP contribution in [0.25, 0.3) is 5.82 Å². The number of carbonyl (C=O) groups excluding carboxylic acids is 1. The van der Waals surface area contributed by atoms with Crippen LogP contribution in [0, 0.1) is 0 Å². The van der Waals surface area contributed by atoms with Crippen LogP contribution >= 0.6 is 11.3 Å². The van der Waals surface area contributed by atoms with Crippen molar-refractivity contribution in [2.24, 2.45) is 0 Å². The number of urea groups is 1. The van der Waals surface area contributed by atoms with E-state index in [0.29, 0.717) is 12.4 Å². The molecule has 0 saturated carbocycles. The van der Waals surface area contributed by atoms with E-state index in [4.69, 9.17) is 0 Å². The van der Waals surface area contributed by atoms with Crippen molar-refractivity contribution in [2.75, 3.05) is 5.32 Å². The zero-order valence-corrected chi connectivity index (χ0v) is 15.2. The fraction of sp³-hybridized carbons (Fsp3) is 0.294. The SMILES string of the molecule is CC(C)(C)c1ncsc1NC(=O)NCc1ccnc(-n2cccn2)c1. The van der Waals surface area contributed by atoms with E-state index >= 15 is 0 Å². The minimum atomic E-state index is -0.257. The Morgan fingerprint density at radius 1 is 1.28 bits per heavy atom. The van der Waals surface area contributed by atoms with E-state index in [0.717, 1.165) is 16.3 Å². The van der Waals surface area contributed by atoms with Gasteiger partial charge in [-0.25, -0.2) is 19.4 Å². The summed E-state index contributed by atoms with van der Waals surface area (Å²) in [5, 5.41) is 10.7. The molecule has 0 aromatic carbocycles. The second-order valence-corrected chi connectivity index (χ2v) is 7.42. The summed E-state index contributed by atoms with van der Waals surface area (Å²) in [6, 6.07) is 5.33. The first-order valence-corrected chi connectivity index (χ1v) is 8.75. The molecule has 7 nitrogen and oxygen atoms in total. The average molecular weight is 356 g/mol. The number of amides is 2. The van der Waals surface area contributed by atoms with E-state index in [1.807, 2.05) is 24.4 Å². The van der Waals surface area contributed by atoms with Gasteiger partial charge in [0.05, 0.1) is 11.2 Å². The molecule has 3 rings (SSSR count). The number of carbonyl (C=O) groups is 1. The van der Waals surface area contributed by atoms with Crippen molar-refractivity contribution in [3.63, 3.8) is 0 Å². The van der Waals surface area contributed by atoms with E-state index in [2.05, 4.69) is 46.5 Å². The normalized spacial score (nSPS) is 11.3. The maximum Gasteiger partial charge on any atom is 0.320 e. The van der Waals surface area contributed by atoms with Crippen molar-refractivity contribution in [3.8, 4) is 5.82 Å². The molecule has 8 heteroatoms. The predicted octanol–water partition coefficient (Wildman–Crippen LogP) is 3.34. The molecular weight excluding hydrogens is 336 g/mol. The first-order valence-electron chi connectivity index (χ1n) is 7.87. The van der Waals surface area contributed by atoms with Gasteiger partial charge in [0.25, 0.3) is 0 Å². The van der Waals surface area contributed by atoms with Gasteiger partial charge in [-0.2, -0.15) is 5.10 Å². The van der Waals surface area contributed by atoms with Gasteiger partial charge in [0.2, 0.25) is 0 Å². The summed E-state index contributed by atoms with van der Waals surface area (Å²) >= 11 is 1.42. The van der Waals surface area contributed by atoms with Crippen LogP contribution in [0.5, 0.6) is 0 Å². The van der Waals surface area contributed by atoms with E-state index in [1.165, 1.54) is 11.3 Å². The van der Waals surface area contributed by atoms with Crippen LogP contribution in [-0.4, -0.2) is 25.8 Å². The summed E-state index contributed by atoms with van der Waals surface area (Å²) < 4.78 is 1.68. The molecular formula is C17H20N6OS. The molecule has 0 aliphatic heterocycles. The lowest BCUT2D eigenvalue weighted by molar-refractivity contribution is 0.251. The number of hydrogen-bond donors (Lipinski definition) is 2. The summed E-state index contributed by atoms with van der Waals surface area (Å²) in [4.78, 5) is 20.8. The van der Waals surface area contributed by atoms with E-state index < -0.39 is 0 Å². The van der Waals surface area contributed by atoms with Gasteiger partial charge < -0.3 is 5.32 Å². The third kappa shape index (κ3) is 4.21. The maximum absolute atomic E-state index is 12.2. The molecule has 3 heterocycles. The zero-order chi connectivity index (χ0) is 17.9. The third-order valence-corrected chi connectivity index (χ3v) is 4.25. The lowest BCUT2D eigenvalue weighted by Crippen LogP contribution is -2.29. The Kier molecular flexibility index (Phi) is 4.80. The molecule has 0 bridgehead atoms. The molecule has 0 aliphatic carbocycles. The van der Waals surface area contributed by atoms with Gasteiger partial charge in [-0.15, -0.1) is 11.3 Å². The molecule has 2 N–H and O–H groups in total. The first-order chi connectivity index (χ1) is 11.9. The van der Waals surface area contributed by atoms with Crippen molar-refractivity contribution in [1.29, 1.82) is 0 Å². The molecule has 0 radical (unpaired) electrons. The molecule has 0 saturated heterocycles. The molecule has 0 atom stereocenters. The van der Waals surface area contributed by atoms with Crippen LogP contribution in [0.3, 0.4) is 0 Å². The largest absolute Gasteiger partial charge is 0.334 e. The van der Waals surface area contributed by atoms with Crippen LogP contribution in [0.1, 0.15) is 32.0 Å². The van der Waals surface area contributed by atoms with Gasteiger partial charge in [-0.3, -0.25) is 5.32 Å². The van der Waals surface area contributed by atoms with Crippen molar-refractivity contribution in [1.82, 2.24) is 25.1 Å². The van der Waals surface area contributed by atoms with Gasteiger partial charge in [0.15, 0.2) is 5.82 Å². The van der Waals surface area contributed by atoms with Crippen molar-refractivity contribution < 1.29 is 4.79 Å². The highest BCUT2D eigenvalue weighted by Gasteiger charge is 2.22. The van der Waals surface area contributed by atoms with Gasteiger partial charge in [0.1, 0.15) is 5.00 Å². The van der Waals surface area contributed by atoms with Crippen molar-refractivity contribution in [3.05, 3.63) is 53.6 Å². The molecule has 2 amide bonds. The van der Waals surface area contributed by atoms with Gasteiger partial charge in [-0.05, 0) is 23.8 Å². The minimum Gasteiger partial charge on any atom is -0.334 e. The molecule has 0 aliphatic rings. The number of nitrogens with one attached hydrogen (secondary N) is 2. The number of rotatable bonds is 4. The topological polar surface area (TPSA) is 84.7 Å². The Hall–Kier alpha value is -2.74. The van der Waals surface area contributed by atoms with Gasteiger partial charge in [-0.1, -0.05) is 20.8 Å². The van der Waals surface area contributed by atoms with Crippen LogP contribution in [0.15, 0.2) is 42.3 Å². The lowest BCUT2D eigenvalue weighted by atomic mass is 9.92. The smallest absolute Gasteiger partial charge is 0.320 e. The summed E-state index contributed by atoms with van der Waals surface area (Å²) in [6.07, 6.45) is 5.22. The Balaban J connectivity index is 1.62.